The summed E-state index contributed by atoms with van der Waals surface area (Å²) in [4.78, 5) is 8.36. The second-order valence-electron chi connectivity index (χ2n) is 6.20. The average molecular weight is 434 g/mol. The smallest absolute Gasteiger partial charge is 0.344 e. The van der Waals surface area contributed by atoms with Crippen molar-refractivity contribution in [2.24, 2.45) is 0 Å². The maximum absolute atomic E-state index is 13.1. The summed E-state index contributed by atoms with van der Waals surface area (Å²) in [5.74, 6) is 0.888. The van der Waals surface area contributed by atoms with Crippen LogP contribution in [-0.2, 0) is 6.18 Å². The largest absolute Gasteiger partial charge is 0.417 e. The summed E-state index contributed by atoms with van der Waals surface area (Å²) in [6.07, 6.45) is -1.00. The van der Waals surface area contributed by atoms with Gasteiger partial charge in [0.15, 0.2) is 17.3 Å². The molecule has 0 aliphatic heterocycles. The minimum absolute atomic E-state index is 0.0489. The molecule has 4 heterocycles. The van der Waals surface area contributed by atoms with Crippen LogP contribution in [0.3, 0.4) is 0 Å². The molecule has 0 bridgehead atoms. The van der Waals surface area contributed by atoms with E-state index in [2.05, 4.69) is 30.6 Å². The molecule has 4 aromatic heterocycles. The van der Waals surface area contributed by atoms with Gasteiger partial charge in [-0.15, -0.1) is 10.2 Å². The van der Waals surface area contributed by atoms with Crippen LogP contribution < -0.4 is 5.32 Å². The third-order valence-corrected chi connectivity index (χ3v) is 4.47. The molecule has 0 aliphatic rings. The zero-order valence-electron chi connectivity index (χ0n) is 15.1. The molecule has 0 spiro atoms. The summed E-state index contributed by atoms with van der Waals surface area (Å²) in [7, 11) is 0. The van der Waals surface area contributed by atoms with E-state index in [1.165, 1.54) is 17.2 Å². The fourth-order valence-electron chi connectivity index (χ4n) is 2.77. The van der Waals surface area contributed by atoms with Gasteiger partial charge in [0.2, 0.25) is 5.95 Å². The number of rotatable bonds is 4. The molecule has 1 unspecified atom stereocenters. The van der Waals surface area contributed by atoms with Crippen LogP contribution in [0.25, 0.3) is 11.5 Å². The van der Waals surface area contributed by atoms with E-state index in [0.29, 0.717) is 17.2 Å². The molecule has 152 valence electrons. The Morgan fingerprint density at radius 2 is 2.03 bits per heavy atom. The number of nitriles is 1. The van der Waals surface area contributed by atoms with Gasteiger partial charge in [-0.05, 0) is 25.1 Å². The Hall–Kier alpha value is -3.72. The first-order chi connectivity index (χ1) is 14.3. The van der Waals surface area contributed by atoms with Crippen molar-refractivity contribution in [2.45, 2.75) is 19.1 Å². The Balaban J connectivity index is 1.68. The first-order valence-corrected chi connectivity index (χ1v) is 8.80. The molecule has 0 saturated heterocycles. The predicted octanol–water partition coefficient (Wildman–Crippen LogP) is 3.42. The molecule has 30 heavy (non-hydrogen) atoms. The van der Waals surface area contributed by atoms with Gasteiger partial charge in [-0.2, -0.15) is 28.2 Å². The summed E-state index contributed by atoms with van der Waals surface area (Å²) in [6.45, 7) is 1.72. The maximum Gasteiger partial charge on any atom is 0.417 e. The monoisotopic (exact) mass is 433 g/mol. The lowest BCUT2D eigenvalue weighted by Gasteiger charge is -2.15. The highest BCUT2D eigenvalue weighted by molar-refractivity contribution is 6.33. The predicted molar refractivity (Wildman–Crippen MR) is 98.9 cm³/mol. The number of alkyl halides is 3. The van der Waals surface area contributed by atoms with E-state index >= 15 is 0 Å². The Bertz CT molecular complexity index is 1250. The van der Waals surface area contributed by atoms with Gasteiger partial charge in [0.1, 0.15) is 12.4 Å². The molecule has 4 rings (SSSR count). The minimum atomic E-state index is -4.58. The highest BCUT2D eigenvalue weighted by atomic mass is 35.5. The summed E-state index contributed by atoms with van der Waals surface area (Å²) in [5.41, 5.74) is -0.464. The molecule has 0 saturated carbocycles. The van der Waals surface area contributed by atoms with E-state index in [4.69, 9.17) is 16.9 Å². The van der Waals surface area contributed by atoms with E-state index in [0.717, 1.165) is 16.7 Å². The van der Waals surface area contributed by atoms with Gasteiger partial charge in [0, 0.05) is 12.4 Å². The van der Waals surface area contributed by atoms with E-state index in [1.807, 2.05) is 6.07 Å². The third kappa shape index (κ3) is 3.50. The van der Waals surface area contributed by atoms with Crippen molar-refractivity contribution in [3.63, 3.8) is 0 Å². The molecule has 9 nitrogen and oxygen atoms in total. The second kappa shape index (κ2) is 7.27. The Morgan fingerprint density at radius 3 is 2.70 bits per heavy atom. The lowest BCUT2D eigenvalue weighted by atomic mass is 10.2. The van der Waals surface area contributed by atoms with Gasteiger partial charge in [-0.1, -0.05) is 11.6 Å². The highest BCUT2D eigenvalue weighted by Gasteiger charge is 2.32. The lowest BCUT2D eigenvalue weighted by molar-refractivity contribution is -0.137. The standard InChI is InChI=1S/C17H11ClF3N9/c1-9(14-24-8-25-30(14)13-3-2-10(5-22)6-23-13)26-16-28-27-15-12(18)4-11(7-29(15)16)17(19,20)21/h2-4,6-9H,1H3,(H,26,28). The molecule has 13 heteroatoms. The van der Waals surface area contributed by atoms with Crippen LogP contribution in [-0.4, -0.2) is 34.3 Å². The second-order valence-corrected chi connectivity index (χ2v) is 6.61. The number of aromatic nitrogens is 7. The van der Waals surface area contributed by atoms with E-state index in [-0.39, 0.29) is 16.6 Å². The van der Waals surface area contributed by atoms with Crippen LogP contribution in [0.1, 0.15) is 29.9 Å². The summed E-state index contributed by atoms with van der Waals surface area (Å²) in [6, 6.07) is 5.42. The van der Waals surface area contributed by atoms with Crippen molar-refractivity contribution in [3.05, 3.63) is 58.9 Å². The molecule has 1 atom stereocenters. The molecular formula is C17H11ClF3N9. The number of anilines is 1. The zero-order chi connectivity index (χ0) is 21.5. The van der Waals surface area contributed by atoms with Crippen molar-refractivity contribution < 1.29 is 13.2 Å². The van der Waals surface area contributed by atoms with Crippen molar-refractivity contribution in [2.75, 3.05) is 5.32 Å². The number of pyridine rings is 2. The minimum Gasteiger partial charge on any atom is -0.344 e. The Morgan fingerprint density at radius 1 is 1.23 bits per heavy atom. The fraction of sp³-hybridized carbons (Fsp3) is 0.176. The van der Waals surface area contributed by atoms with Crippen LogP contribution in [0.5, 0.6) is 0 Å². The normalized spacial score (nSPS) is 12.7. The molecular weight excluding hydrogens is 423 g/mol. The summed E-state index contributed by atoms with van der Waals surface area (Å²) >= 11 is 5.94. The van der Waals surface area contributed by atoms with Crippen LogP contribution in [0.4, 0.5) is 19.1 Å². The molecule has 0 aliphatic carbocycles. The number of nitrogens with zero attached hydrogens (tertiary/aromatic N) is 8. The van der Waals surface area contributed by atoms with Gasteiger partial charge in [-0.3, -0.25) is 4.40 Å². The highest BCUT2D eigenvalue weighted by Crippen LogP contribution is 2.33. The molecule has 4 aromatic rings. The Labute approximate surface area is 171 Å². The van der Waals surface area contributed by atoms with E-state index in [9.17, 15) is 13.2 Å². The molecule has 0 radical (unpaired) electrons. The third-order valence-electron chi connectivity index (χ3n) is 4.19. The molecule has 0 fully saturated rings. The van der Waals surface area contributed by atoms with Gasteiger partial charge >= 0.3 is 6.18 Å². The summed E-state index contributed by atoms with van der Waals surface area (Å²) in [5, 5.41) is 23.5. The van der Waals surface area contributed by atoms with Crippen molar-refractivity contribution in [1.82, 2.24) is 34.3 Å². The number of hydrogen-bond acceptors (Lipinski definition) is 7. The fourth-order valence-corrected chi connectivity index (χ4v) is 3.01. The van der Waals surface area contributed by atoms with E-state index in [1.54, 1.807) is 19.1 Å². The topological polar surface area (TPSA) is 110 Å². The number of nitrogens with one attached hydrogen (secondary N) is 1. The zero-order valence-corrected chi connectivity index (χ0v) is 15.9. The van der Waals surface area contributed by atoms with Crippen LogP contribution >= 0.6 is 11.6 Å². The lowest BCUT2D eigenvalue weighted by Crippen LogP contribution is -2.16. The first kappa shape index (κ1) is 19.6. The van der Waals surface area contributed by atoms with Crippen molar-refractivity contribution in [1.29, 1.82) is 5.26 Å². The molecule has 0 aromatic carbocycles. The van der Waals surface area contributed by atoms with Crippen LogP contribution in [0.2, 0.25) is 5.02 Å². The first-order valence-electron chi connectivity index (χ1n) is 8.42. The van der Waals surface area contributed by atoms with E-state index < -0.39 is 17.8 Å². The Kier molecular flexibility index (Phi) is 4.75. The maximum atomic E-state index is 13.1. The van der Waals surface area contributed by atoms with Gasteiger partial charge in [0.05, 0.1) is 22.2 Å². The SMILES string of the molecule is CC(Nc1nnc2c(Cl)cc(C(F)(F)F)cn12)c1ncnn1-c1ccc(C#N)cn1. The van der Waals surface area contributed by atoms with Crippen LogP contribution in [0.15, 0.2) is 36.9 Å². The van der Waals surface area contributed by atoms with Crippen LogP contribution in [0, 0.1) is 11.3 Å². The quantitative estimate of drug-likeness (QED) is 0.525. The number of hydrogen-bond donors (Lipinski definition) is 1. The number of halogens is 4. The van der Waals surface area contributed by atoms with Gasteiger partial charge < -0.3 is 5.32 Å². The van der Waals surface area contributed by atoms with Gasteiger partial charge in [-0.25, -0.2) is 9.97 Å². The average Bonchev–Trinajstić information content (AvgIpc) is 3.35. The van der Waals surface area contributed by atoms with Crippen molar-refractivity contribution >= 4 is 23.2 Å². The van der Waals surface area contributed by atoms with Crippen molar-refractivity contribution in [3.8, 4) is 11.9 Å². The molecule has 0 amide bonds. The van der Waals surface area contributed by atoms with Gasteiger partial charge in [0.25, 0.3) is 0 Å². The molecule has 1 N–H and O–H groups in total. The summed E-state index contributed by atoms with van der Waals surface area (Å²) < 4.78 is 42.0. The number of fused-ring (bicyclic) bond motifs is 1.